The second kappa shape index (κ2) is 3.89. The van der Waals surface area contributed by atoms with Crippen molar-refractivity contribution in [2.75, 3.05) is 18.1 Å². The summed E-state index contributed by atoms with van der Waals surface area (Å²) in [7, 11) is 0. The fourth-order valence-corrected chi connectivity index (χ4v) is 1.82. The number of carbonyl (C=O) groups excluding carboxylic acids is 1. The molecule has 86 valence electrons. The van der Waals surface area contributed by atoms with Crippen LogP contribution in [0.4, 0.5) is 5.69 Å². The van der Waals surface area contributed by atoms with E-state index in [1.807, 2.05) is 24.3 Å². The SMILES string of the molecule is O=C(c1cn[nH]n1)N1CCOc2ccccc21. The summed E-state index contributed by atoms with van der Waals surface area (Å²) in [4.78, 5) is 13.8. The van der Waals surface area contributed by atoms with Gasteiger partial charge in [0.1, 0.15) is 12.4 Å². The quantitative estimate of drug-likeness (QED) is 0.788. The minimum Gasteiger partial charge on any atom is -0.490 e. The molecule has 0 saturated heterocycles. The molecule has 1 N–H and O–H groups in total. The number of benzene rings is 1. The summed E-state index contributed by atoms with van der Waals surface area (Å²) in [6.45, 7) is 1.00. The van der Waals surface area contributed by atoms with Crippen molar-refractivity contribution >= 4 is 11.6 Å². The normalized spacial score (nSPS) is 14.0. The van der Waals surface area contributed by atoms with E-state index in [0.29, 0.717) is 18.8 Å². The van der Waals surface area contributed by atoms with Crippen molar-refractivity contribution in [1.29, 1.82) is 0 Å². The van der Waals surface area contributed by atoms with Crippen molar-refractivity contribution in [2.45, 2.75) is 0 Å². The van der Waals surface area contributed by atoms with Gasteiger partial charge in [-0.05, 0) is 12.1 Å². The fourth-order valence-electron chi connectivity index (χ4n) is 1.82. The Morgan fingerprint density at radius 1 is 1.41 bits per heavy atom. The second-order valence-electron chi connectivity index (χ2n) is 3.63. The molecule has 0 atom stereocenters. The monoisotopic (exact) mass is 230 g/mol. The second-order valence-corrected chi connectivity index (χ2v) is 3.63. The van der Waals surface area contributed by atoms with Gasteiger partial charge in [-0.3, -0.25) is 9.69 Å². The van der Waals surface area contributed by atoms with Gasteiger partial charge in [-0.1, -0.05) is 12.1 Å². The number of hydrogen-bond donors (Lipinski definition) is 1. The van der Waals surface area contributed by atoms with Crippen molar-refractivity contribution in [1.82, 2.24) is 15.4 Å². The lowest BCUT2D eigenvalue weighted by Crippen LogP contribution is -2.38. The third-order valence-electron chi connectivity index (χ3n) is 2.61. The summed E-state index contributed by atoms with van der Waals surface area (Å²) in [5.74, 6) is 0.546. The maximum absolute atomic E-state index is 12.2. The Balaban J connectivity index is 1.98. The van der Waals surface area contributed by atoms with Gasteiger partial charge in [0.15, 0.2) is 5.69 Å². The zero-order valence-corrected chi connectivity index (χ0v) is 8.96. The highest BCUT2D eigenvalue weighted by molar-refractivity contribution is 6.05. The zero-order chi connectivity index (χ0) is 11.7. The van der Waals surface area contributed by atoms with E-state index in [1.165, 1.54) is 6.20 Å². The summed E-state index contributed by atoms with van der Waals surface area (Å²) in [6, 6.07) is 7.45. The van der Waals surface area contributed by atoms with Crippen LogP contribution in [0.3, 0.4) is 0 Å². The Hall–Kier alpha value is -2.37. The smallest absolute Gasteiger partial charge is 0.280 e. The molecule has 1 aromatic heterocycles. The summed E-state index contributed by atoms with van der Waals surface area (Å²) < 4.78 is 5.48. The van der Waals surface area contributed by atoms with Crippen molar-refractivity contribution in [3.05, 3.63) is 36.2 Å². The summed E-state index contributed by atoms with van der Waals surface area (Å²) >= 11 is 0. The third-order valence-corrected chi connectivity index (χ3v) is 2.61. The van der Waals surface area contributed by atoms with Gasteiger partial charge in [0, 0.05) is 0 Å². The molecule has 6 heteroatoms. The molecule has 0 saturated carbocycles. The number of amides is 1. The number of fused-ring (bicyclic) bond motifs is 1. The molecule has 0 aliphatic carbocycles. The lowest BCUT2D eigenvalue weighted by molar-refractivity contribution is 0.0972. The number of para-hydroxylation sites is 2. The van der Waals surface area contributed by atoms with E-state index >= 15 is 0 Å². The van der Waals surface area contributed by atoms with E-state index in [9.17, 15) is 4.79 Å². The van der Waals surface area contributed by atoms with Gasteiger partial charge in [0.25, 0.3) is 5.91 Å². The number of nitrogens with one attached hydrogen (secondary N) is 1. The number of ether oxygens (including phenoxy) is 1. The Morgan fingerprint density at radius 2 is 2.29 bits per heavy atom. The number of hydrogen-bond acceptors (Lipinski definition) is 4. The van der Waals surface area contributed by atoms with Crippen LogP contribution < -0.4 is 9.64 Å². The molecule has 1 aliphatic heterocycles. The molecule has 17 heavy (non-hydrogen) atoms. The highest BCUT2D eigenvalue weighted by atomic mass is 16.5. The van der Waals surface area contributed by atoms with E-state index in [-0.39, 0.29) is 5.91 Å². The molecule has 0 fully saturated rings. The van der Waals surface area contributed by atoms with E-state index in [2.05, 4.69) is 15.4 Å². The number of nitrogens with zero attached hydrogens (tertiary/aromatic N) is 3. The van der Waals surface area contributed by atoms with Crippen LogP contribution >= 0.6 is 0 Å². The van der Waals surface area contributed by atoms with Gasteiger partial charge in [0.2, 0.25) is 0 Å². The lowest BCUT2D eigenvalue weighted by Gasteiger charge is -2.28. The van der Waals surface area contributed by atoms with E-state index in [1.54, 1.807) is 4.90 Å². The lowest BCUT2D eigenvalue weighted by atomic mass is 10.2. The predicted octanol–water partition coefficient (Wildman–Crippen LogP) is 0.844. The molecule has 0 unspecified atom stereocenters. The van der Waals surface area contributed by atoms with Crippen molar-refractivity contribution < 1.29 is 9.53 Å². The number of anilines is 1. The van der Waals surface area contributed by atoms with Crippen molar-refractivity contribution in [3.8, 4) is 5.75 Å². The molecule has 1 aromatic carbocycles. The average Bonchev–Trinajstić information content (AvgIpc) is 2.91. The molecule has 6 nitrogen and oxygen atoms in total. The van der Waals surface area contributed by atoms with E-state index in [4.69, 9.17) is 4.74 Å². The molecule has 2 aromatic rings. The standard InChI is InChI=1S/C11H10N4O2/c16-11(8-7-12-14-13-8)15-5-6-17-10-4-2-1-3-9(10)15/h1-4,7H,5-6H2,(H,12,13,14). The Labute approximate surface area is 97.2 Å². The van der Waals surface area contributed by atoms with Gasteiger partial charge in [-0.2, -0.15) is 15.4 Å². The molecule has 0 radical (unpaired) electrons. The maximum Gasteiger partial charge on any atom is 0.280 e. The number of carbonyl (C=O) groups is 1. The van der Waals surface area contributed by atoms with Gasteiger partial charge in [-0.25, -0.2) is 0 Å². The largest absolute Gasteiger partial charge is 0.490 e. The number of rotatable bonds is 1. The summed E-state index contributed by atoms with van der Waals surface area (Å²) in [6.07, 6.45) is 1.42. The fraction of sp³-hybridized carbons (Fsp3) is 0.182. The highest BCUT2D eigenvalue weighted by Crippen LogP contribution is 2.31. The van der Waals surface area contributed by atoms with Gasteiger partial charge >= 0.3 is 0 Å². The van der Waals surface area contributed by atoms with Crippen LogP contribution in [0.25, 0.3) is 0 Å². The molecule has 0 bridgehead atoms. The highest BCUT2D eigenvalue weighted by Gasteiger charge is 2.25. The van der Waals surface area contributed by atoms with E-state index < -0.39 is 0 Å². The first-order valence-corrected chi connectivity index (χ1v) is 5.26. The minimum absolute atomic E-state index is 0.172. The molecule has 0 spiro atoms. The number of aromatic nitrogens is 3. The van der Waals surface area contributed by atoms with E-state index in [0.717, 1.165) is 11.4 Å². The minimum atomic E-state index is -0.172. The zero-order valence-electron chi connectivity index (χ0n) is 8.96. The molecular formula is C11H10N4O2. The predicted molar refractivity (Wildman–Crippen MR) is 60.0 cm³/mol. The Bertz CT molecular complexity index is 538. The topological polar surface area (TPSA) is 71.1 Å². The first kappa shape index (κ1) is 9.83. The van der Waals surface area contributed by atoms with Crippen LogP contribution in [0.15, 0.2) is 30.5 Å². The Morgan fingerprint density at radius 3 is 3.12 bits per heavy atom. The van der Waals surface area contributed by atoms with Gasteiger partial charge < -0.3 is 4.74 Å². The Kier molecular flexibility index (Phi) is 2.25. The van der Waals surface area contributed by atoms with Crippen LogP contribution in [0.2, 0.25) is 0 Å². The molecular weight excluding hydrogens is 220 g/mol. The molecule has 3 rings (SSSR count). The van der Waals surface area contributed by atoms with Crippen molar-refractivity contribution in [2.24, 2.45) is 0 Å². The molecule has 1 aliphatic rings. The van der Waals surface area contributed by atoms with Crippen molar-refractivity contribution in [3.63, 3.8) is 0 Å². The molecule has 1 amide bonds. The van der Waals surface area contributed by atoms with Gasteiger partial charge in [-0.15, -0.1) is 0 Å². The maximum atomic E-state index is 12.2. The molecule has 2 heterocycles. The van der Waals surface area contributed by atoms with Crippen LogP contribution in [0, 0.1) is 0 Å². The average molecular weight is 230 g/mol. The number of H-pyrrole nitrogens is 1. The van der Waals surface area contributed by atoms with Crippen LogP contribution in [-0.2, 0) is 0 Å². The van der Waals surface area contributed by atoms with Crippen LogP contribution in [-0.4, -0.2) is 34.5 Å². The third kappa shape index (κ3) is 1.63. The van der Waals surface area contributed by atoms with Crippen LogP contribution in [0.1, 0.15) is 10.5 Å². The summed E-state index contributed by atoms with van der Waals surface area (Å²) in [5, 5.41) is 9.87. The van der Waals surface area contributed by atoms with Gasteiger partial charge in [0.05, 0.1) is 18.4 Å². The summed E-state index contributed by atoms with van der Waals surface area (Å²) in [5.41, 5.74) is 1.08. The first-order valence-electron chi connectivity index (χ1n) is 5.26. The van der Waals surface area contributed by atoms with Crippen LogP contribution in [0.5, 0.6) is 5.75 Å². The number of aromatic amines is 1. The first-order chi connectivity index (χ1) is 8.36.